The summed E-state index contributed by atoms with van der Waals surface area (Å²) in [7, 11) is 4.15. The van der Waals surface area contributed by atoms with Crippen molar-refractivity contribution < 1.29 is 4.39 Å². The van der Waals surface area contributed by atoms with Crippen molar-refractivity contribution in [3.05, 3.63) is 29.6 Å². The fourth-order valence-electron chi connectivity index (χ4n) is 2.04. The van der Waals surface area contributed by atoms with Gasteiger partial charge in [-0.2, -0.15) is 0 Å². The van der Waals surface area contributed by atoms with Gasteiger partial charge in [0, 0.05) is 30.7 Å². The number of hydrogen-bond acceptors (Lipinski definition) is 2. The maximum atomic E-state index is 13.3. The van der Waals surface area contributed by atoms with E-state index in [1.807, 2.05) is 6.07 Å². The monoisotopic (exact) mass is 330 g/mol. The highest BCUT2D eigenvalue weighted by molar-refractivity contribution is 9.08. The molecule has 4 heteroatoms. The van der Waals surface area contributed by atoms with Crippen LogP contribution in [0.1, 0.15) is 19.4 Å². The largest absolute Gasteiger partial charge is 0.370 e. The van der Waals surface area contributed by atoms with Crippen molar-refractivity contribution in [3.63, 3.8) is 0 Å². The van der Waals surface area contributed by atoms with Gasteiger partial charge in [0.25, 0.3) is 0 Å². The van der Waals surface area contributed by atoms with Crippen LogP contribution in [0.5, 0.6) is 0 Å². The summed E-state index contributed by atoms with van der Waals surface area (Å²) in [4.78, 5) is 4.52. The Hall–Kier alpha value is -0.610. The van der Waals surface area contributed by atoms with Crippen LogP contribution in [-0.2, 0) is 5.33 Å². The lowest BCUT2D eigenvalue weighted by Crippen LogP contribution is -2.35. The first-order chi connectivity index (χ1) is 8.93. The molecule has 0 aliphatic rings. The molecular formula is C15H24BrFN2. The smallest absolute Gasteiger partial charge is 0.123 e. The molecule has 19 heavy (non-hydrogen) atoms. The van der Waals surface area contributed by atoms with Crippen LogP contribution >= 0.6 is 15.9 Å². The Bertz CT molecular complexity index is 394. The molecule has 0 fully saturated rings. The van der Waals surface area contributed by atoms with Gasteiger partial charge in [0.15, 0.2) is 0 Å². The second-order valence-electron chi connectivity index (χ2n) is 5.55. The van der Waals surface area contributed by atoms with Crippen LogP contribution < -0.4 is 4.90 Å². The van der Waals surface area contributed by atoms with Gasteiger partial charge in [-0.15, -0.1) is 0 Å². The molecule has 0 spiro atoms. The summed E-state index contributed by atoms with van der Waals surface area (Å²) >= 11 is 3.45. The Morgan fingerprint density at radius 2 is 1.89 bits per heavy atom. The molecule has 0 saturated heterocycles. The predicted molar refractivity (Wildman–Crippen MR) is 84.6 cm³/mol. The fourth-order valence-corrected chi connectivity index (χ4v) is 2.49. The fraction of sp³-hybridized carbons (Fsp3) is 0.600. The Kier molecular flexibility index (Phi) is 6.80. The molecule has 0 unspecified atom stereocenters. The first kappa shape index (κ1) is 16.4. The van der Waals surface area contributed by atoms with Gasteiger partial charge in [-0.1, -0.05) is 29.8 Å². The maximum Gasteiger partial charge on any atom is 0.123 e. The van der Waals surface area contributed by atoms with Crippen molar-refractivity contribution in [2.75, 3.05) is 38.6 Å². The highest BCUT2D eigenvalue weighted by Gasteiger charge is 2.13. The zero-order valence-electron chi connectivity index (χ0n) is 12.3. The van der Waals surface area contributed by atoms with Crippen molar-refractivity contribution in [1.29, 1.82) is 0 Å². The van der Waals surface area contributed by atoms with Crippen LogP contribution in [0.4, 0.5) is 10.1 Å². The van der Waals surface area contributed by atoms with Crippen LogP contribution in [0, 0.1) is 11.7 Å². The highest BCUT2D eigenvalue weighted by Crippen LogP contribution is 2.24. The molecule has 1 rings (SSSR count). The molecule has 2 nitrogen and oxygen atoms in total. The van der Waals surface area contributed by atoms with Crippen molar-refractivity contribution in [2.24, 2.45) is 5.92 Å². The summed E-state index contributed by atoms with van der Waals surface area (Å²) in [5.41, 5.74) is 2.15. The number of nitrogens with zero attached hydrogens (tertiary/aromatic N) is 2. The van der Waals surface area contributed by atoms with Crippen molar-refractivity contribution >= 4 is 21.6 Å². The third-order valence-electron chi connectivity index (χ3n) is 2.93. The van der Waals surface area contributed by atoms with E-state index in [0.717, 1.165) is 30.9 Å². The van der Waals surface area contributed by atoms with Crippen molar-refractivity contribution in [3.8, 4) is 0 Å². The number of halogens is 2. The summed E-state index contributed by atoms with van der Waals surface area (Å²) in [5.74, 6) is 0.408. The third kappa shape index (κ3) is 5.49. The zero-order valence-corrected chi connectivity index (χ0v) is 13.9. The molecule has 1 aromatic rings. The first-order valence-corrected chi connectivity index (χ1v) is 7.80. The van der Waals surface area contributed by atoms with Gasteiger partial charge in [0.05, 0.1) is 0 Å². The Labute approximate surface area is 124 Å². The second kappa shape index (κ2) is 7.85. The summed E-state index contributed by atoms with van der Waals surface area (Å²) in [6, 6.07) is 5.06. The molecule has 0 N–H and O–H groups in total. The average Bonchev–Trinajstić information content (AvgIpc) is 2.33. The van der Waals surface area contributed by atoms with Crippen molar-refractivity contribution in [2.45, 2.75) is 19.2 Å². The van der Waals surface area contributed by atoms with Crippen LogP contribution in [0.15, 0.2) is 18.2 Å². The Morgan fingerprint density at radius 1 is 1.21 bits per heavy atom. The molecule has 0 saturated carbocycles. The van der Waals surface area contributed by atoms with E-state index < -0.39 is 0 Å². The summed E-state index contributed by atoms with van der Waals surface area (Å²) in [6.07, 6.45) is 0. The van der Waals surface area contributed by atoms with Crippen molar-refractivity contribution in [1.82, 2.24) is 4.90 Å². The second-order valence-corrected chi connectivity index (χ2v) is 6.11. The lowest BCUT2D eigenvalue weighted by Gasteiger charge is -2.29. The topological polar surface area (TPSA) is 6.48 Å². The third-order valence-corrected chi connectivity index (χ3v) is 3.53. The molecule has 0 aliphatic heterocycles. The van der Waals surface area contributed by atoms with E-state index in [1.165, 1.54) is 0 Å². The normalized spacial score (nSPS) is 11.4. The maximum absolute atomic E-state index is 13.3. The van der Waals surface area contributed by atoms with Gasteiger partial charge in [-0.3, -0.25) is 0 Å². The molecule has 0 atom stereocenters. The molecule has 108 valence electrons. The Morgan fingerprint density at radius 3 is 2.42 bits per heavy atom. The van der Waals surface area contributed by atoms with Crippen LogP contribution in [0.25, 0.3) is 0 Å². The van der Waals surface area contributed by atoms with Gasteiger partial charge in [-0.25, -0.2) is 4.39 Å². The van der Waals surface area contributed by atoms with Crippen LogP contribution in [0.2, 0.25) is 0 Å². The molecule has 0 aliphatic carbocycles. The predicted octanol–water partition coefficient (Wildman–Crippen LogP) is 3.74. The molecule has 1 aromatic carbocycles. The van der Waals surface area contributed by atoms with Gasteiger partial charge in [-0.05, 0) is 43.8 Å². The number of hydrogen-bond donors (Lipinski definition) is 0. The minimum Gasteiger partial charge on any atom is -0.370 e. The number of benzene rings is 1. The van der Waals surface area contributed by atoms with Gasteiger partial charge >= 0.3 is 0 Å². The minimum absolute atomic E-state index is 0.171. The van der Waals surface area contributed by atoms with E-state index >= 15 is 0 Å². The molecule has 0 aromatic heterocycles. The molecular weight excluding hydrogens is 307 g/mol. The first-order valence-electron chi connectivity index (χ1n) is 6.68. The summed E-state index contributed by atoms with van der Waals surface area (Å²) in [5, 5.41) is 0.677. The minimum atomic E-state index is -0.171. The van der Waals surface area contributed by atoms with Gasteiger partial charge in [0.1, 0.15) is 5.82 Å². The number of rotatable bonds is 7. The van der Waals surface area contributed by atoms with E-state index in [1.54, 1.807) is 12.1 Å². The number of alkyl halides is 1. The quantitative estimate of drug-likeness (QED) is 0.702. The lowest BCUT2D eigenvalue weighted by molar-refractivity contribution is 0.409. The lowest BCUT2D eigenvalue weighted by atomic mass is 10.1. The summed E-state index contributed by atoms with van der Waals surface area (Å²) in [6.45, 7) is 7.35. The molecule has 0 heterocycles. The zero-order chi connectivity index (χ0) is 14.4. The molecule has 0 radical (unpaired) electrons. The average molecular weight is 331 g/mol. The number of anilines is 1. The van der Waals surface area contributed by atoms with E-state index in [-0.39, 0.29) is 5.82 Å². The highest BCUT2D eigenvalue weighted by atomic mass is 79.9. The molecule has 0 amide bonds. The summed E-state index contributed by atoms with van der Waals surface area (Å²) < 4.78 is 13.3. The van der Waals surface area contributed by atoms with Crippen LogP contribution in [-0.4, -0.2) is 38.6 Å². The van der Waals surface area contributed by atoms with E-state index in [2.05, 4.69) is 53.7 Å². The van der Waals surface area contributed by atoms with Gasteiger partial charge in [0.2, 0.25) is 0 Å². The standard InChI is InChI=1S/C15H24BrFN2/c1-12(2)11-19(8-7-18(3)4)15-6-5-14(17)9-13(15)10-16/h5-6,9,12H,7-8,10-11H2,1-4H3. The number of likely N-dealkylation sites (N-methyl/N-ethyl adjacent to an activating group) is 1. The Balaban J connectivity index is 2.95. The molecule has 0 bridgehead atoms. The SMILES string of the molecule is CC(C)CN(CCN(C)C)c1ccc(F)cc1CBr. The van der Waals surface area contributed by atoms with E-state index in [4.69, 9.17) is 0 Å². The van der Waals surface area contributed by atoms with Crippen LogP contribution in [0.3, 0.4) is 0 Å². The van der Waals surface area contributed by atoms with E-state index in [9.17, 15) is 4.39 Å². The van der Waals surface area contributed by atoms with Gasteiger partial charge < -0.3 is 9.80 Å². The van der Waals surface area contributed by atoms with E-state index in [0.29, 0.717) is 11.2 Å².